The van der Waals surface area contributed by atoms with Crippen LogP contribution < -0.4 is 0 Å². The highest BCUT2D eigenvalue weighted by Gasteiger charge is 2.31. The SMILES string of the molecule is FC(F)(F)c1ccc2oc(CSC3=NCCS3)nc2c1. The first kappa shape index (κ1) is 13.8. The van der Waals surface area contributed by atoms with Gasteiger partial charge in [0.15, 0.2) is 5.58 Å². The number of thioether (sulfide) groups is 2. The van der Waals surface area contributed by atoms with Crippen molar-refractivity contribution in [2.45, 2.75) is 11.9 Å². The summed E-state index contributed by atoms with van der Waals surface area (Å²) in [6, 6.07) is 3.32. The smallest absolute Gasteiger partial charge is 0.416 e. The highest BCUT2D eigenvalue weighted by molar-refractivity contribution is 8.38. The third-order valence-electron chi connectivity index (χ3n) is 2.64. The fraction of sp³-hybridized carbons (Fsp3) is 0.333. The number of alkyl halides is 3. The van der Waals surface area contributed by atoms with Crippen LogP contribution in [0.3, 0.4) is 0 Å². The maximum Gasteiger partial charge on any atom is 0.416 e. The maximum absolute atomic E-state index is 12.6. The van der Waals surface area contributed by atoms with Gasteiger partial charge < -0.3 is 4.42 Å². The lowest BCUT2D eigenvalue weighted by Gasteiger charge is -2.04. The van der Waals surface area contributed by atoms with Gasteiger partial charge >= 0.3 is 6.18 Å². The Morgan fingerprint density at radius 3 is 2.90 bits per heavy atom. The van der Waals surface area contributed by atoms with E-state index in [1.165, 1.54) is 17.8 Å². The largest absolute Gasteiger partial charge is 0.440 e. The van der Waals surface area contributed by atoms with E-state index in [4.69, 9.17) is 4.42 Å². The number of oxazole rings is 1. The number of nitrogens with zero attached hydrogens (tertiary/aromatic N) is 2. The Labute approximate surface area is 121 Å². The molecule has 0 bridgehead atoms. The van der Waals surface area contributed by atoms with Crippen molar-refractivity contribution in [3.8, 4) is 0 Å². The zero-order valence-corrected chi connectivity index (χ0v) is 11.7. The molecule has 1 aliphatic rings. The molecule has 0 atom stereocenters. The zero-order chi connectivity index (χ0) is 14.2. The van der Waals surface area contributed by atoms with Crippen molar-refractivity contribution in [2.75, 3.05) is 12.3 Å². The van der Waals surface area contributed by atoms with Crippen molar-refractivity contribution < 1.29 is 17.6 Å². The third kappa shape index (κ3) is 2.95. The quantitative estimate of drug-likeness (QED) is 0.832. The Kier molecular flexibility index (Phi) is 3.68. The minimum absolute atomic E-state index is 0.233. The Bertz CT molecular complexity index is 666. The van der Waals surface area contributed by atoms with E-state index in [1.54, 1.807) is 11.8 Å². The van der Waals surface area contributed by atoms with Crippen LogP contribution in [0.2, 0.25) is 0 Å². The zero-order valence-electron chi connectivity index (χ0n) is 10.1. The first-order chi connectivity index (χ1) is 9.52. The van der Waals surface area contributed by atoms with E-state index in [-0.39, 0.29) is 5.52 Å². The van der Waals surface area contributed by atoms with Gasteiger partial charge in [-0.15, -0.1) is 0 Å². The van der Waals surface area contributed by atoms with Gasteiger partial charge in [-0.1, -0.05) is 23.5 Å². The third-order valence-corrected chi connectivity index (χ3v) is 4.87. The molecular formula is C12H9F3N2OS2. The van der Waals surface area contributed by atoms with Crippen LogP contribution in [0.15, 0.2) is 27.6 Å². The van der Waals surface area contributed by atoms with Crippen LogP contribution in [0.1, 0.15) is 11.5 Å². The minimum Gasteiger partial charge on any atom is -0.440 e. The van der Waals surface area contributed by atoms with Crippen molar-refractivity contribution >= 4 is 39.0 Å². The van der Waals surface area contributed by atoms with Crippen molar-refractivity contribution in [2.24, 2.45) is 4.99 Å². The molecule has 0 spiro atoms. The van der Waals surface area contributed by atoms with Gasteiger partial charge in [0.1, 0.15) is 9.89 Å². The highest BCUT2D eigenvalue weighted by atomic mass is 32.2. The fourth-order valence-electron chi connectivity index (χ4n) is 1.74. The summed E-state index contributed by atoms with van der Waals surface area (Å²) >= 11 is 3.17. The van der Waals surface area contributed by atoms with E-state index in [2.05, 4.69) is 9.98 Å². The topological polar surface area (TPSA) is 38.4 Å². The number of hydrogen-bond acceptors (Lipinski definition) is 5. The Morgan fingerprint density at radius 2 is 2.20 bits per heavy atom. The van der Waals surface area contributed by atoms with Crippen LogP contribution in [0.4, 0.5) is 13.2 Å². The normalized spacial score (nSPS) is 15.8. The molecule has 0 amide bonds. The number of halogens is 3. The summed E-state index contributed by atoms with van der Waals surface area (Å²) in [5.41, 5.74) is -0.112. The average Bonchev–Trinajstić information content (AvgIpc) is 3.03. The van der Waals surface area contributed by atoms with Gasteiger partial charge in [-0.25, -0.2) is 4.98 Å². The van der Waals surface area contributed by atoms with Crippen LogP contribution >= 0.6 is 23.5 Å². The molecule has 0 fully saturated rings. The van der Waals surface area contributed by atoms with Gasteiger partial charge in [-0.05, 0) is 18.2 Å². The van der Waals surface area contributed by atoms with Crippen LogP contribution in [-0.2, 0) is 11.9 Å². The van der Waals surface area contributed by atoms with Gasteiger partial charge in [0.2, 0.25) is 5.89 Å². The summed E-state index contributed by atoms with van der Waals surface area (Å²) < 4.78 is 44.2. The molecule has 3 nitrogen and oxygen atoms in total. The standard InChI is InChI=1S/C12H9F3N2OS2/c13-12(14,15)7-1-2-9-8(5-7)17-10(18-9)6-20-11-16-3-4-19-11/h1-2,5H,3-4,6H2. The summed E-state index contributed by atoms with van der Waals surface area (Å²) in [5, 5.41) is 0. The van der Waals surface area contributed by atoms with Gasteiger partial charge in [0, 0.05) is 5.75 Å². The van der Waals surface area contributed by atoms with E-state index in [0.29, 0.717) is 17.2 Å². The lowest BCUT2D eigenvalue weighted by molar-refractivity contribution is -0.137. The molecule has 0 saturated carbocycles. The molecule has 1 aromatic heterocycles. The Balaban J connectivity index is 1.79. The molecule has 1 aliphatic heterocycles. The monoisotopic (exact) mass is 318 g/mol. The second-order valence-corrected chi connectivity index (χ2v) is 6.38. The van der Waals surface area contributed by atoms with Gasteiger partial charge in [-0.3, -0.25) is 4.99 Å². The Hall–Kier alpha value is -1.15. The average molecular weight is 318 g/mol. The van der Waals surface area contributed by atoms with Crippen molar-refractivity contribution in [1.29, 1.82) is 0 Å². The molecule has 106 valence electrons. The number of aromatic nitrogens is 1. The molecule has 2 heterocycles. The molecule has 1 aromatic carbocycles. The lowest BCUT2D eigenvalue weighted by Crippen LogP contribution is -2.03. The predicted molar refractivity (Wildman–Crippen MR) is 75.1 cm³/mol. The number of aliphatic imine (C=N–C) groups is 1. The van der Waals surface area contributed by atoms with Crippen molar-refractivity contribution in [1.82, 2.24) is 4.98 Å². The second-order valence-electron chi connectivity index (χ2n) is 4.07. The fourth-order valence-corrected chi connectivity index (χ4v) is 3.59. The predicted octanol–water partition coefficient (Wildman–Crippen LogP) is 4.18. The number of benzene rings is 1. The molecule has 3 rings (SSSR count). The summed E-state index contributed by atoms with van der Waals surface area (Å²) in [6.45, 7) is 0.815. The van der Waals surface area contributed by atoms with E-state index in [9.17, 15) is 13.2 Å². The molecule has 20 heavy (non-hydrogen) atoms. The molecule has 0 saturated heterocycles. The summed E-state index contributed by atoms with van der Waals surface area (Å²) in [4.78, 5) is 8.37. The van der Waals surface area contributed by atoms with E-state index < -0.39 is 11.7 Å². The van der Waals surface area contributed by atoms with Crippen LogP contribution in [0.5, 0.6) is 0 Å². The van der Waals surface area contributed by atoms with E-state index >= 15 is 0 Å². The maximum atomic E-state index is 12.6. The molecular weight excluding hydrogens is 309 g/mol. The second kappa shape index (κ2) is 5.33. The lowest BCUT2D eigenvalue weighted by atomic mass is 10.2. The van der Waals surface area contributed by atoms with Gasteiger partial charge in [0.25, 0.3) is 0 Å². The minimum atomic E-state index is -4.36. The van der Waals surface area contributed by atoms with Crippen LogP contribution in [0.25, 0.3) is 11.1 Å². The highest BCUT2D eigenvalue weighted by Crippen LogP contribution is 2.32. The Morgan fingerprint density at radius 1 is 1.35 bits per heavy atom. The molecule has 0 N–H and O–H groups in total. The van der Waals surface area contributed by atoms with Crippen LogP contribution in [-0.4, -0.2) is 21.7 Å². The molecule has 2 aromatic rings. The summed E-state index contributed by atoms with van der Waals surface area (Å²) in [6.07, 6.45) is -4.36. The van der Waals surface area contributed by atoms with Crippen LogP contribution in [0, 0.1) is 0 Å². The molecule has 0 unspecified atom stereocenters. The number of fused-ring (bicyclic) bond motifs is 1. The summed E-state index contributed by atoms with van der Waals surface area (Å²) in [7, 11) is 0. The summed E-state index contributed by atoms with van der Waals surface area (Å²) in [5.74, 6) is 1.87. The van der Waals surface area contributed by atoms with Crippen molar-refractivity contribution in [3.63, 3.8) is 0 Å². The molecule has 0 radical (unpaired) electrons. The number of rotatable bonds is 2. The van der Waals surface area contributed by atoms with Gasteiger partial charge in [-0.2, -0.15) is 13.2 Å². The first-order valence-electron chi connectivity index (χ1n) is 5.79. The molecule has 8 heteroatoms. The van der Waals surface area contributed by atoms with Gasteiger partial charge in [0.05, 0.1) is 17.9 Å². The molecule has 0 aliphatic carbocycles. The van der Waals surface area contributed by atoms with E-state index in [1.807, 2.05) is 0 Å². The van der Waals surface area contributed by atoms with E-state index in [0.717, 1.165) is 28.8 Å². The first-order valence-corrected chi connectivity index (χ1v) is 7.76. The number of hydrogen-bond donors (Lipinski definition) is 0. The van der Waals surface area contributed by atoms with Crippen molar-refractivity contribution in [3.05, 3.63) is 29.7 Å².